The molecule has 172 valence electrons. The quantitative estimate of drug-likeness (QED) is 0.420. The van der Waals surface area contributed by atoms with Crippen molar-refractivity contribution in [3.8, 4) is 21.7 Å². The number of nitrogens with two attached hydrogens (primary N) is 1. The van der Waals surface area contributed by atoms with Gasteiger partial charge in [0.25, 0.3) is 5.91 Å². The first-order chi connectivity index (χ1) is 16.3. The van der Waals surface area contributed by atoms with E-state index in [1.165, 1.54) is 29.0 Å². The van der Waals surface area contributed by atoms with E-state index in [-0.39, 0.29) is 10.8 Å². The van der Waals surface area contributed by atoms with Crippen molar-refractivity contribution in [2.45, 2.75) is 17.9 Å². The lowest BCUT2D eigenvalue weighted by Gasteiger charge is -2.28. The Hall–Kier alpha value is -3.04. The van der Waals surface area contributed by atoms with Gasteiger partial charge >= 0.3 is 0 Å². The summed E-state index contributed by atoms with van der Waals surface area (Å²) in [5, 5.41) is 6.22. The predicted molar refractivity (Wildman–Crippen MR) is 134 cm³/mol. The van der Waals surface area contributed by atoms with Crippen molar-refractivity contribution >= 4 is 38.9 Å². The van der Waals surface area contributed by atoms with Gasteiger partial charge in [0.2, 0.25) is 10.0 Å². The minimum Gasteiger partial charge on any atom is -0.332 e. The summed E-state index contributed by atoms with van der Waals surface area (Å²) in [6.45, 7) is 1.17. The maximum absolute atomic E-state index is 13.4. The Bertz CT molecular complexity index is 1480. The highest BCUT2D eigenvalue weighted by atomic mass is 35.5. The monoisotopic (exact) mass is 509 g/mol. The largest absolute Gasteiger partial charge is 0.332 e. The number of halogens is 1. The zero-order chi connectivity index (χ0) is 23.9. The topological polar surface area (TPSA) is 93.4 Å². The number of sulfonamides is 1. The Labute approximate surface area is 206 Å². The van der Waals surface area contributed by atoms with Gasteiger partial charge < -0.3 is 4.90 Å². The molecule has 1 aliphatic rings. The van der Waals surface area contributed by atoms with E-state index in [4.69, 9.17) is 21.7 Å². The van der Waals surface area contributed by atoms with Crippen molar-refractivity contribution in [2.24, 2.45) is 5.14 Å². The molecule has 2 N–H and O–H groups in total. The van der Waals surface area contributed by atoms with Crippen LogP contribution in [0.5, 0.6) is 0 Å². The fourth-order valence-electron chi connectivity index (χ4n) is 4.01. The summed E-state index contributed by atoms with van der Waals surface area (Å²) in [5.74, 6) is -0.123. The number of thiazole rings is 1. The third-order valence-electron chi connectivity index (χ3n) is 5.79. The number of rotatable bonds is 4. The number of nitrogens with zero attached hydrogens (tertiary/aromatic N) is 2. The smallest absolute Gasteiger partial charge is 0.283 e. The average Bonchev–Trinajstić information content (AvgIpc) is 3.29. The van der Waals surface area contributed by atoms with Crippen molar-refractivity contribution < 1.29 is 13.2 Å². The summed E-state index contributed by atoms with van der Waals surface area (Å²) in [6.07, 6.45) is 0.805. The summed E-state index contributed by atoms with van der Waals surface area (Å²) in [4.78, 5) is 20.8. The van der Waals surface area contributed by atoms with Crippen LogP contribution in [0.1, 0.15) is 20.9 Å². The van der Waals surface area contributed by atoms with Gasteiger partial charge in [-0.3, -0.25) is 4.79 Å². The van der Waals surface area contributed by atoms with E-state index in [1.807, 2.05) is 35.2 Å². The maximum Gasteiger partial charge on any atom is 0.283 e. The normalized spacial score (nSPS) is 13.5. The molecule has 1 amide bonds. The van der Waals surface area contributed by atoms with E-state index < -0.39 is 10.0 Å². The van der Waals surface area contributed by atoms with E-state index in [1.54, 1.807) is 24.3 Å². The highest BCUT2D eigenvalue weighted by Gasteiger charge is 2.26. The number of carbonyl (C=O) groups is 1. The van der Waals surface area contributed by atoms with Crippen LogP contribution in [0.4, 0.5) is 0 Å². The van der Waals surface area contributed by atoms with Gasteiger partial charge in [-0.05, 0) is 47.4 Å². The van der Waals surface area contributed by atoms with Crippen LogP contribution in [0, 0.1) is 0 Å². The summed E-state index contributed by atoms with van der Waals surface area (Å²) >= 11 is 7.36. The number of carbonyl (C=O) groups excluding carboxylic acids is 1. The van der Waals surface area contributed by atoms with Gasteiger partial charge in [-0.15, -0.1) is 11.3 Å². The second-order valence-corrected chi connectivity index (χ2v) is 11.0. The second-order valence-electron chi connectivity index (χ2n) is 8.02. The molecule has 0 bridgehead atoms. The number of amides is 1. The molecule has 34 heavy (non-hydrogen) atoms. The zero-order valence-corrected chi connectivity index (χ0v) is 20.3. The van der Waals surface area contributed by atoms with Crippen LogP contribution in [0.25, 0.3) is 21.7 Å². The molecule has 3 aromatic carbocycles. The van der Waals surface area contributed by atoms with Crippen molar-refractivity contribution in [1.29, 1.82) is 0 Å². The standard InChI is InChI=1S/C25H20ClN3O3S2/c26-20-9-5-17(6-10-20)22-23(18-7-11-21(12-8-18)34(27,31)32)33-24(28-22)25(30)29-14-13-16-3-1-2-4-19(16)15-29/h1-12H,13-15H2,(H2,27,31,32). The third-order valence-corrected chi connectivity index (χ3v) is 8.06. The third kappa shape index (κ3) is 4.50. The molecule has 0 atom stereocenters. The zero-order valence-electron chi connectivity index (χ0n) is 17.9. The molecule has 9 heteroatoms. The lowest BCUT2D eigenvalue weighted by molar-refractivity contribution is 0.0734. The van der Waals surface area contributed by atoms with Gasteiger partial charge in [0, 0.05) is 23.7 Å². The van der Waals surface area contributed by atoms with E-state index in [9.17, 15) is 13.2 Å². The molecule has 5 rings (SSSR count). The summed E-state index contributed by atoms with van der Waals surface area (Å²) in [6, 6.07) is 21.7. The molecule has 0 spiro atoms. The van der Waals surface area contributed by atoms with Crippen molar-refractivity contribution in [3.05, 3.63) is 94.0 Å². The minimum atomic E-state index is -3.80. The van der Waals surface area contributed by atoms with Gasteiger partial charge in [-0.2, -0.15) is 0 Å². The molecular formula is C25H20ClN3O3S2. The van der Waals surface area contributed by atoms with Crippen LogP contribution >= 0.6 is 22.9 Å². The Kier molecular flexibility index (Phi) is 5.99. The Balaban J connectivity index is 1.54. The van der Waals surface area contributed by atoms with E-state index in [0.717, 1.165) is 28.0 Å². The highest BCUT2D eigenvalue weighted by molar-refractivity contribution is 7.89. The van der Waals surface area contributed by atoms with Crippen LogP contribution in [-0.4, -0.2) is 30.8 Å². The van der Waals surface area contributed by atoms with Crippen LogP contribution < -0.4 is 5.14 Å². The SMILES string of the molecule is NS(=O)(=O)c1ccc(-c2sc(C(=O)N3CCc4ccccc4C3)nc2-c2ccc(Cl)cc2)cc1. The lowest BCUT2D eigenvalue weighted by Crippen LogP contribution is -2.35. The Morgan fingerprint density at radius 2 is 1.59 bits per heavy atom. The first-order valence-corrected chi connectivity index (χ1v) is 13.3. The molecule has 4 aromatic rings. The average molecular weight is 510 g/mol. The van der Waals surface area contributed by atoms with E-state index in [2.05, 4.69) is 6.07 Å². The first kappa shape index (κ1) is 22.7. The summed E-state index contributed by atoms with van der Waals surface area (Å²) < 4.78 is 23.3. The van der Waals surface area contributed by atoms with Gasteiger partial charge in [0.05, 0.1) is 15.5 Å². The molecule has 0 radical (unpaired) electrons. The van der Waals surface area contributed by atoms with Gasteiger partial charge in [0.1, 0.15) is 0 Å². The molecule has 1 aliphatic heterocycles. The van der Waals surface area contributed by atoms with Crippen LogP contribution in [0.15, 0.2) is 77.7 Å². The van der Waals surface area contributed by atoms with Crippen molar-refractivity contribution in [3.63, 3.8) is 0 Å². The summed E-state index contributed by atoms with van der Waals surface area (Å²) in [7, 11) is -3.80. The minimum absolute atomic E-state index is 0.0251. The number of primary sulfonamides is 1. The molecule has 1 aromatic heterocycles. The van der Waals surface area contributed by atoms with Gasteiger partial charge in [0.15, 0.2) is 5.01 Å². The number of hydrogen-bond acceptors (Lipinski definition) is 5. The fourth-order valence-corrected chi connectivity index (χ4v) is 5.71. The second kappa shape index (κ2) is 8.96. The molecule has 0 fully saturated rings. The molecular weight excluding hydrogens is 490 g/mol. The predicted octanol–water partition coefficient (Wildman–Crippen LogP) is 4.98. The van der Waals surface area contributed by atoms with E-state index >= 15 is 0 Å². The molecule has 0 aliphatic carbocycles. The number of aromatic nitrogens is 1. The lowest BCUT2D eigenvalue weighted by atomic mass is 10.00. The number of hydrogen-bond donors (Lipinski definition) is 1. The molecule has 0 saturated heterocycles. The first-order valence-electron chi connectivity index (χ1n) is 10.6. The van der Waals surface area contributed by atoms with Crippen LogP contribution in [0.3, 0.4) is 0 Å². The molecule has 0 saturated carbocycles. The fraction of sp³-hybridized carbons (Fsp3) is 0.120. The van der Waals surface area contributed by atoms with E-state index in [0.29, 0.717) is 28.8 Å². The van der Waals surface area contributed by atoms with Crippen molar-refractivity contribution in [1.82, 2.24) is 9.88 Å². The number of benzene rings is 3. The van der Waals surface area contributed by atoms with Gasteiger partial charge in [-0.25, -0.2) is 18.5 Å². The van der Waals surface area contributed by atoms with Crippen LogP contribution in [-0.2, 0) is 23.0 Å². The molecule has 6 nitrogen and oxygen atoms in total. The Morgan fingerprint density at radius 1 is 0.941 bits per heavy atom. The maximum atomic E-state index is 13.4. The molecule has 0 unspecified atom stereocenters. The highest BCUT2D eigenvalue weighted by Crippen LogP contribution is 2.38. The van der Waals surface area contributed by atoms with Gasteiger partial charge in [-0.1, -0.05) is 60.1 Å². The van der Waals surface area contributed by atoms with Crippen LogP contribution in [0.2, 0.25) is 5.02 Å². The van der Waals surface area contributed by atoms with Crippen molar-refractivity contribution in [2.75, 3.05) is 6.54 Å². The summed E-state index contributed by atoms with van der Waals surface area (Å²) in [5.41, 5.74) is 4.62. The Morgan fingerprint density at radius 3 is 2.26 bits per heavy atom. The molecule has 2 heterocycles. The number of fused-ring (bicyclic) bond motifs is 1.